The highest BCUT2D eigenvalue weighted by Gasteiger charge is 2.09. The van der Waals surface area contributed by atoms with Gasteiger partial charge in [0.05, 0.1) is 4.90 Å². The molecule has 336 valence electrons. The Bertz CT molecular complexity index is 1040. The standard InChI is InChI=1S/C53H100O3S/c1-2-3-4-5-6-7-8-9-10-11-12-13-14-15-16-17-18-19-20-21-22-23-24-25-26-27-28-29-30-31-32-33-34-35-36-37-38-39-40-41-42-43-44-45-46-48-52-49-47-50-53(51-52)57(54,55)56/h47,49-51H,2-46,48H2,1H3,(H,54,55,56). The zero-order valence-corrected chi connectivity index (χ0v) is 39.3. The monoisotopic (exact) mass is 817 g/mol. The Labute approximate surface area is 358 Å². The van der Waals surface area contributed by atoms with Crippen molar-refractivity contribution in [2.24, 2.45) is 0 Å². The first-order valence-corrected chi connectivity index (χ1v) is 27.5. The smallest absolute Gasteiger partial charge is 0.282 e. The van der Waals surface area contributed by atoms with E-state index in [2.05, 4.69) is 6.92 Å². The van der Waals surface area contributed by atoms with E-state index in [1.165, 1.54) is 289 Å². The third kappa shape index (κ3) is 40.3. The maximum Gasteiger partial charge on any atom is 0.294 e. The van der Waals surface area contributed by atoms with Gasteiger partial charge in [-0.15, -0.1) is 0 Å². The molecule has 1 rings (SSSR count). The average Bonchev–Trinajstić information content (AvgIpc) is 3.20. The molecule has 0 unspecified atom stereocenters. The van der Waals surface area contributed by atoms with Crippen LogP contribution in [0.25, 0.3) is 0 Å². The summed E-state index contributed by atoms with van der Waals surface area (Å²) in [6, 6.07) is 6.71. The fourth-order valence-corrected chi connectivity index (χ4v) is 9.42. The van der Waals surface area contributed by atoms with Crippen LogP contribution in [-0.2, 0) is 16.5 Å². The van der Waals surface area contributed by atoms with Crippen molar-refractivity contribution in [2.45, 2.75) is 307 Å². The van der Waals surface area contributed by atoms with E-state index < -0.39 is 10.1 Å². The molecule has 0 heterocycles. The van der Waals surface area contributed by atoms with Crippen LogP contribution in [0.3, 0.4) is 0 Å². The second-order valence-corrected chi connectivity index (χ2v) is 19.9. The Hall–Kier alpha value is -0.870. The van der Waals surface area contributed by atoms with Gasteiger partial charge in [-0.05, 0) is 30.5 Å². The summed E-state index contributed by atoms with van der Waals surface area (Å²) >= 11 is 0. The zero-order chi connectivity index (χ0) is 41.0. The lowest BCUT2D eigenvalue weighted by atomic mass is 10.0. The molecular weight excluding hydrogens is 717 g/mol. The Morgan fingerprint density at radius 2 is 0.544 bits per heavy atom. The molecule has 0 bridgehead atoms. The molecule has 57 heavy (non-hydrogen) atoms. The van der Waals surface area contributed by atoms with Gasteiger partial charge in [-0.1, -0.05) is 302 Å². The first kappa shape index (κ1) is 54.1. The molecule has 4 heteroatoms. The quantitative estimate of drug-likeness (QED) is 0.0527. The third-order valence-electron chi connectivity index (χ3n) is 12.8. The van der Waals surface area contributed by atoms with Crippen molar-refractivity contribution < 1.29 is 13.0 Å². The molecule has 0 atom stereocenters. The highest BCUT2D eigenvalue weighted by Crippen LogP contribution is 2.19. The van der Waals surface area contributed by atoms with Crippen LogP contribution in [0.5, 0.6) is 0 Å². The molecule has 1 aromatic rings. The summed E-state index contributed by atoms with van der Waals surface area (Å²) in [5.41, 5.74) is 0.993. The van der Waals surface area contributed by atoms with Gasteiger partial charge in [-0.2, -0.15) is 8.42 Å². The van der Waals surface area contributed by atoms with Crippen molar-refractivity contribution in [3.8, 4) is 0 Å². The number of rotatable bonds is 47. The summed E-state index contributed by atoms with van der Waals surface area (Å²) in [5.74, 6) is 0. The van der Waals surface area contributed by atoms with Crippen LogP contribution in [0.15, 0.2) is 29.2 Å². The van der Waals surface area contributed by atoms with E-state index in [0.717, 1.165) is 18.4 Å². The minimum Gasteiger partial charge on any atom is -0.282 e. The SMILES string of the molecule is CCCCCCCCCCCCCCCCCCCCCCCCCCCCCCCCCCCCCCCCCCCCCCCc1cccc(S(=O)(=O)O)c1. The molecule has 0 spiro atoms. The lowest BCUT2D eigenvalue weighted by Gasteiger charge is -2.05. The van der Waals surface area contributed by atoms with E-state index in [1.807, 2.05) is 6.07 Å². The van der Waals surface area contributed by atoms with Gasteiger partial charge in [0.15, 0.2) is 0 Å². The van der Waals surface area contributed by atoms with E-state index in [9.17, 15) is 13.0 Å². The molecule has 0 aliphatic heterocycles. The van der Waals surface area contributed by atoms with Crippen molar-refractivity contribution in [1.29, 1.82) is 0 Å². The van der Waals surface area contributed by atoms with Crippen molar-refractivity contribution in [3.63, 3.8) is 0 Å². The molecule has 0 saturated heterocycles. The van der Waals surface area contributed by atoms with Crippen LogP contribution in [0.2, 0.25) is 0 Å². The average molecular weight is 817 g/mol. The Morgan fingerprint density at radius 3 is 0.754 bits per heavy atom. The van der Waals surface area contributed by atoms with Crippen LogP contribution in [-0.4, -0.2) is 13.0 Å². The highest BCUT2D eigenvalue weighted by molar-refractivity contribution is 7.85. The van der Waals surface area contributed by atoms with Crippen LogP contribution < -0.4 is 0 Å². The largest absolute Gasteiger partial charge is 0.294 e. The van der Waals surface area contributed by atoms with Crippen molar-refractivity contribution in [2.75, 3.05) is 0 Å². The van der Waals surface area contributed by atoms with Crippen molar-refractivity contribution in [3.05, 3.63) is 29.8 Å². The lowest BCUT2D eigenvalue weighted by molar-refractivity contribution is 0.483. The van der Waals surface area contributed by atoms with E-state index >= 15 is 0 Å². The lowest BCUT2D eigenvalue weighted by Crippen LogP contribution is -1.98. The summed E-state index contributed by atoms with van der Waals surface area (Å²) in [6.07, 6.45) is 65.5. The van der Waals surface area contributed by atoms with Gasteiger partial charge in [0, 0.05) is 0 Å². The molecule has 3 nitrogen and oxygen atoms in total. The number of unbranched alkanes of at least 4 members (excludes halogenated alkanes) is 44. The molecule has 0 fully saturated rings. The summed E-state index contributed by atoms with van der Waals surface area (Å²) in [6.45, 7) is 2.31. The summed E-state index contributed by atoms with van der Waals surface area (Å²) in [5, 5.41) is 0. The second-order valence-electron chi connectivity index (χ2n) is 18.4. The Morgan fingerprint density at radius 1 is 0.333 bits per heavy atom. The summed E-state index contributed by atoms with van der Waals surface area (Å²) < 4.78 is 31.8. The van der Waals surface area contributed by atoms with Gasteiger partial charge < -0.3 is 0 Å². The van der Waals surface area contributed by atoms with E-state index in [1.54, 1.807) is 12.1 Å². The normalized spacial score (nSPS) is 11.9. The molecule has 0 aliphatic carbocycles. The van der Waals surface area contributed by atoms with Gasteiger partial charge in [0.25, 0.3) is 10.1 Å². The van der Waals surface area contributed by atoms with Crippen LogP contribution in [0, 0.1) is 0 Å². The van der Waals surface area contributed by atoms with Gasteiger partial charge >= 0.3 is 0 Å². The van der Waals surface area contributed by atoms with Gasteiger partial charge in [-0.25, -0.2) is 0 Å². The van der Waals surface area contributed by atoms with Crippen LogP contribution in [0.1, 0.15) is 301 Å². The minimum atomic E-state index is -4.10. The molecule has 0 amide bonds. The predicted octanol–water partition coefficient (Wildman–Crippen LogP) is 19.1. The van der Waals surface area contributed by atoms with Crippen molar-refractivity contribution >= 4 is 10.1 Å². The topological polar surface area (TPSA) is 54.4 Å². The second kappa shape index (κ2) is 43.2. The summed E-state index contributed by atoms with van der Waals surface area (Å²) in [7, 11) is -4.10. The van der Waals surface area contributed by atoms with Gasteiger partial charge in [0.1, 0.15) is 0 Å². The molecular formula is C53H100O3S. The number of hydrogen-bond acceptors (Lipinski definition) is 2. The fraction of sp³-hybridized carbons (Fsp3) is 0.887. The Kier molecular flexibility index (Phi) is 41.1. The highest BCUT2D eigenvalue weighted by atomic mass is 32.2. The first-order valence-electron chi connectivity index (χ1n) is 26.1. The number of aryl methyl sites for hydroxylation is 1. The van der Waals surface area contributed by atoms with E-state index in [4.69, 9.17) is 0 Å². The maximum atomic E-state index is 11.3. The van der Waals surface area contributed by atoms with E-state index in [-0.39, 0.29) is 4.90 Å². The molecule has 0 aliphatic rings. The van der Waals surface area contributed by atoms with Gasteiger partial charge in [0.2, 0.25) is 0 Å². The molecule has 0 radical (unpaired) electrons. The van der Waals surface area contributed by atoms with Crippen LogP contribution >= 0.6 is 0 Å². The maximum absolute atomic E-state index is 11.3. The molecule has 0 saturated carbocycles. The van der Waals surface area contributed by atoms with Crippen molar-refractivity contribution in [1.82, 2.24) is 0 Å². The molecule has 0 aromatic heterocycles. The number of benzene rings is 1. The van der Waals surface area contributed by atoms with E-state index in [0.29, 0.717) is 0 Å². The summed E-state index contributed by atoms with van der Waals surface area (Å²) in [4.78, 5) is 0.00677. The third-order valence-corrected chi connectivity index (χ3v) is 13.6. The minimum absolute atomic E-state index is 0.00677. The Balaban J connectivity index is 1.64. The fourth-order valence-electron chi connectivity index (χ4n) is 8.87. The molecule has 1 N–H and O–H groups in total. The van der Waals surface area contributed by atoms with Gasteiger partial charge in [-0.3, -0.25) is 4.55 Å². The zero-order valence-electron chi connectivity index (χ0n) is 38.5. The molecule has 1 aromatic carbocycles. The van der Waals surface area contributed by atoms with Crippen LogP contribution in [0.4, 0.5) is 0 Å². The predicted molar refractivity (Wildman–Crippen MR) is 253 cm³/mol. The number of hydrogen-bond donors (Lipinski definition) is 1. The first-order chi connectivity index (χ1) is 28.0.